The minimum atomic E-state index is -0.316. The Labute approximate surface area is 144 Å². The van der Waals surface area contributed by atoms with Crippen LogP contribution in [-0.4, -0.2) is 22.3 Å². The maximum Gasteiger partial charge on any atom is 0.320 e. The zero-order chi connectivity index (χ0) is 17.8. The summed E-state index contributed by atoms with van der Waals surface area (Å²) in [7, 11) is 0. The lowest BCUT2D eigenvalue weighted by atomic mass is 10.2. The number of ether oxygens (including phenoxy) is 1. The lowest BCUT2D eigenvalue weighted by molar-refractivity contribution is 0.250. The number of amides is 2. The summed E-state index contributed by atoms with van der Waals surface area (Å²) in [6.45, 7) is 3.89. The van der Waals surface area contributed by atoms with E-state index in [2.05, 4.69) is 20.8 Å². The summed E-state index contributed by atoms with van der Waals surface area (Å²) in [6, 6.07) is 11.5. The maximum absolute atomic E-state index is 13.6. The third kappa shape index (κ3) is 4.06. The monoisotopic (exact) mass is 342 g/mol. The predicted octanol–water partition coefficient (Wildman–Crippen LogP) is 3.81. The highest BCUT2D eigenvalue weighted by atomic mass is 19.1. The summed E-state index contributed by atoms with van der Waals surface area (Å²) in [4.78, 5) is 11.8. The van der Waals surface area contributed by atoms with Crippen LogP contribution in [0.2, 0.25) is 0 Å². The quantitative estimate of drug-likeness (QED) is 0.660. The van der Waals surface area contributed by atoms with Crippen molar-refractivity contribution in [2.75, 3.05) is 5.32 Å². The number of carbonyl (C=O) groups excluding carboxylic acids is 1. The average molecular weight is 342 g/mol. The number of carbonyl (C=O) groups is 1. The summed E-state index contributed by atoms with van der Waals surface area (Å²) in [6.07, 6.45) is 0. The number of hydrogen-bond donors (Lipinski definition) is 3. The Morgan fingerprint density at radius 3 is 2.84 bits per heavy atom. The van der Waals surface area contributed by atoms with Gasteiger partial charge in [0.2, 0.25) is 0 Å². The molecule has 6 nitrogen and oxygen atoms in total. The van der Waals surface area contributed by atoms with Crippen LogP contribution in [0.4, 0.5) is 15.0 Å². The van der Waals surface area contributed by atoms with Gasteiger partial charge in [-0.15, -0.1) is 0 Å². The molecule has 2 amide bonds. The van der Waals surface area contributed by atoms with E-state index in [4.69, 9.17) is 4.74 Å². The normalized spacial score (nSPS) is 10.9. The van der Waals surface area contributed by atoms with Gasteiger partial charge in [-0.3, -0.25) is 10.4 Å². The molecule has 0 radical (unpaired) electrons. The SMILES string of the molecule is CC(C)NC(=O)Nc1n[nH]c2cc(OCc3ccccc3F)ccc12. The third-order valence-electron chi connectivity index (χ3n) is 3.54. The van der Waals surface area contributed by atoms with Crippen LogP contribution < -0.4 is 15.4 Å². The number of nitrogens with zero attached hydrogens (tertiary/aromatic N) is 1. The first-order valence-corrected chi connectivity index (χ1v) is 7.95. The van der Waals surface area contributed by atoms with Crippen LogP contribution in [0, 0.1) is 5.82 Å². The van der Waals surface area contributed by atoms with Crippen molar-refractivity contribution >= 4 is 22.8 Å². The van der Waals surface area contributed by atoms with Gasteiger partial charge in [0.1, 0.15) is 18.2 Å². The zero-order valence-electron chi connectivity index (χ0n) is 14.0. The number of halogens is 1. The summed E-state index contributed by atoms with van der Waals surface area (Å²) in [5.41, 5.74) is 1.20. The highest BCUT2D eigenvalue weighted by molar-refractivity contribution is 5.99. The molecule has 1 aromatic heterocycles. The number of H-pyrrole nitrogens is 1. The Hall–Kier alpha value is -3.09. The number of benzene rings is 2. The van der Waals surface area contributed by atoms with Crippen molar-refractivity contribution in [1.29, 1.82) is 0 Å². The Morgan fingerprint density at radius 2 is 2.08 bits per heavy atom. The summed E-state index contributed by atoms with van der Waals surface area (Å²) in [5, 5.41) is 13.2. The molecule has 130 valence electrons. The number of anilines is 1. The molecule has 1 heterocycles. The summed E-state index contributed by atoms with van der Waals surface area (Å²) >= 11 is 0. The van der Waals surface area contributed by atoms with Gasteiger partial charge in [-0.25, -0.2) is 9.18 Å². The van der Waals surface area contributed by atoms with Crippen molar-refractivity contribution in [3.63, 3.8) is 0 Å². The molecule has 3 rings (SSSR count). The van der Waals surface area contributed by atoms with Crippen molar-refractivity contribution in [2.45, 2.75) is 26.5 Å². The highest BCUT2D eigenvalue weighted by Crippen LogP contribution is 2.25. The molecule has 0 aliphatic heterocycles. The standard InChI is InChI=1S/C18H19FN4O2/c1-11(2)20-18(24)21-17-14-8-7-13(9-16(14)22-23-17)25-10-12-5-3-4-6-15(12)19/h3-9,11H,10H2,1-2H3,(H3,20,21,22,23,24). The van der Waals surface area contributed by atoms with Gasteiger partial charge in [0.05, 0.1) is 5.52 Å². The van der Waals surface area contributed by atoms with E-state index in [9.17, 15) is 9.18 Å². The van der Waals surface area contributed by atoms with E-state index in [1.165, 1.54) is 6.07 Å². The van der Waals surface area contributed by atoms with Gasteiger partial charge in [-0.1, -0.05) is 18.2 Å². The van der Waals surface area contributed by atoms with Crippen LogP contribution in [0.15, 0.2) is 42.5 Å². The molecule has 0 unspecified atom stereocenters. The van der Waals surface area contributed by atoms with Gasteiger partial charge in [0.25, 0.3) is 0 Å². The van der Waals surface area contributed by atoms with Gasteiger partial charge in [-0.2, -0.15) is 5.10 Å². The first-order chi connectivity index (χ1) is 12.0. The lowest BCUT2D eigenvalue weighted by Crippen LogP contribution is -2.34. The molecule has 0 atom stereocenters. The highest BCUT2D eigenvalue weighted by Gasteiger charge is 2.11. The molecule has 3 aromatic rings. The zero-order valence-corrected chi connectivity index (χ0v) is 14.0. The molecule has 0 bridgehead atoms. The largest absolute Gasteiger partial charge is 0.489 e. The van der Waals surface area contributed by atoms with Crippen molar-refractivity contribution in [1.82, 2.24) is 15.5 Å². The molecule has 25 heavy (non-hydrogen) atoms. The van der Waals surface area contributed by atoms with E-state index in [0.29, 0.717) is 22.6 Å². The predicted molar refractivity (Wildman–Crippen MR) is 94.1 cm³/mol. The van der Waals surface area contributed by atoms with E-state index < -0.39 is 0 Å². The van der Waals surface area contributed by atoms with E-state index >= 15 is 0 Å². The van der Waals surface area contributed by atoms with Gasteiger partial charge in [-0.05, 0) is 32.0 Å². The topological polar surface area (TPSA) is 79.0 Å². The second kappa shape index (κ2) is 7.21. The minimum Gasteiger partial charge on any atom is -0.489 e. The number of fused-ring (bicyclic) bond motifs is 1. The number of hydrogen-bond acceptors (Lipinski definition) is 3. The molecule has 2 aromatic carbocycles. The van der Waals surface area contributed by atoms with E-state index in [1.54, 1.807) is 36.4 Å². The van der Waals surface area contributed by atoms with Gasteiger partial charge >= 0.3 is 6.03 Å². The van der Waals surface area contributed by atoms with Crippen molar-refractivity contribution in [3.8, 4) is 5.75 Å². The molecule has 0 saturated heterocycles. The van der Waals surface area contributed by atoms with E-state index in [1.807, 2.05) is 13.8 Å². The summed E-state index contributed by atoms with van der Waals surface area (Å²) in [5.74, 6) is 0.721. The van der Waals surface area contributed by atoms with Crippen LogP contribution in [0.25, 0.3) is 10.9 Å². The molecule has 0 aliphatic rings. The average Bonchev–Trinajstić information content (AvgIpc) is 2.95. The van der Waals surface area contributed by atoms with Crippen LogP contribution >= 0.6 is 0 Å². The maximum atomic E-state index is 13.6. The van der Waals surface area contributed by atoms with Crippen molar-refractivity contribution < 1.29 is 13.9 Å². The lowest BCUT2D eigenvalue weighted by Gasteiger charge is -2.09. The second-order valence-corrected chi connectivity index (χ2v) is 5.91. The van der Waals surface area contributed by atoms with Crippen molar-refractivity contribution in [2.24, 2.45) is 0 Å². The number of aromatic amines is 1. The first kappa shape index (κ1) is 16.8. The van der Waals surface area contributed by atoms with Crippen molar-refractivity contribution in [3.05, 3.63) is 53.8 Å². The molecule has 7 heteroatoms. The molecule has 0 fully saturated rings. The van der Waals surface area contributed by atoms with Gasteiger partial charge < -0.3 is 10.1 Å². The third-order valence-corrected chi connectivity index (χ3v) is 3.54. The van der Waals surface area contributed by atoms with Crippen LogP contribution in [0.3, 0.4) is 0 Å². The molecule has 3 N–H and O–H groups in total. The number of urea groups is 1. The minimum absolute atomic E-state index is 0.0311. The molecule has 0 spiro atoms. The van der Waals surface area contributed by atoms with E-state index in [-0.39, 0.29) is 24.5 Å². The van der Waals surface area contributed by atoms with E-state index in [0.717, 1.165) is 5.39 Å². The van der Waals surface area contributed by atoms with Crippen LogP contribution in [0.5, 0.6) is 5.75 Å². The number of nitrogens with one attached hydrogen (secondary N) is 3. The van der Waals surface area contributed by atoms with Crippen LogP contribution in [-0.2, 0) is 6.61 Å². The fourth-order valence-electron chi connectivity index (χ4n) is 2.37. The Balaban J connectivity index is 1.71. The summed E-state index contributed by atoms with van der Waals surface area (Å²) < 4.78 is 19.3. The number of rotatable bonds is 5. The smallest absolute Gasteiger partial charge is 0.320 e. The fourth-order valence-corrected chi connectivity index (χ4v) is 2.37. The molecule has 0 aliphatic carbocycles. The Kier molecular flexibility index (Phi) is 4.83. The fraction of sp³-hybridized carbons (Fsp3) is 0.222. The van der Waals surface area contributed by atoms with Crippen LogP contribution in [0.1, 0.15) is 19.4 Å². The number of aromatic nitrogens is 2. The molecule has 0 saturated carbocycles. The first-order valence-electron chi connectivity index (χ1n) is 7.95. The Morgan fingerprint density at radius 1 is 1.28 bits per heavy atom. The molecular weight excluding hydrogens is 323 g/mol. The Bertz CT molecular complexity index is 892. The second-order valence-electron chi connectivity index (χ2n) is 5.91. The van der Waals surface area contributed by atoms with Gasteiger partial charge in [0, 0.05) is 23.1 Å². The van der Waals surface area contributed by atoms with Gasteiger partial charge in [0.15, 0.2) is 5.82 Å². The molecular formula is C18H19FN4O2.